The van der Waals surface area contributed by atoms with Gasteiger partial charge in [-0.3, -0.25) is 0 Å². The Kier molecular flexibility index (Phi) is 3.47. The van der Waals surface area contributed by atoms with Crippen molar-refractivity contribution in [3.05, 3.63) is 65.0 Å². The molecule has 0 saturated heterocycles. The maximum atomic E-state index is 13.2. The van der Waals surface area contributed by atoms with E-state index in [1.165, 1.54) is 11.1 Å². The molecule has 1 unspecified atom stereocenters. The molecule has 0 amide bonds. The highest BCUT2D eigenvalue weighted by Gasteiger charge is 2.22. The van der Waals surface area contributed by atoms with Crippen molar-refractivity contribution < 1.29 is 4.39 Å². The molecule has 0 bridgehead atoms. The van der Waals surface area contributed by atoms with E-state index in [2.05, 4.69) is 43.4 Å². The smallest absolute Gasteiger partial charge is 0.123 e. The van der Waals surface area contributed by atoms with Gasteiger partial charge in [-0.05, 0) is 59.7 Å². The predicted molar refractivity (Wildman–Crippen MR) is 81.6 cm³/mol. The van der Waals surface area contributed by atoms with Gasteiger partial charge in [-0.1, -0.05) is 32.0 Å². The standard InChI is InChI=1S/C18H20FN/c1-12(2)13-3-7-16(8-4-13)20-18-10-5-14-11-15(19)6-9-17(14)18/h3-4,6-9,11-12,18,20H,5,10H2,1-2H3. The molecule has 0 aromatic heterocycles. The maximum Gasteiger partial charge on any atom is 0.123 e. The van der Waals surface area contributed by atoms with E-state index in [4.69, 9.17) is 0 Å². The number of aryl methyl sites for hydroxylation is 1. The van der Waals surface area contributed by atoms with E-state index in [0.29, 0.717) is 12.0 Å². The van der Waals surface area contributed by atoms with Crippen molar-refractivity contribution >= 4 is 5.69 Å². The van der Waals surface area contributed by atoms with Crippen molar-refractivity contribution in [2.75, 3.05) is 5.32 Å². The molecule has 0 radical (unpaired) electrons. The first-order chi connectivity index (χ1) is 9.63. The van der Waals surface area contributed by atoms with Crippen LogP contribution in [-0.4, -0.2) is 0 Å². The minimum absolute atomic E-state index is 0.134. The van der Waals surface area contributed by atoms with Crippen molar-refractivity contribution in [2.24, 2.45) is 0 Å². The van der Waals surface area contributed by atoms with Gasteiger partial charge in [-0.25, -0.2) is 4.39 Å². The normalized spacial score (nSPS) is 17.3. The lowest BCUT2D eigenvalue weighted by Crippen LogP contribution is -2.07. The van der Waals surface area contributed by atoms with Crippen LogP contribution in [0.25, 0.3) is 0 Å². The first kappa shape index (κ1) is 13.2. The van der Waals surface area contributed by atoms with Gasteiger partial charge in [0.1, 0.15) is 5.82 Å². The summed E-state index contributed by atoms with van der Waals surface area (Å²) in [6.45, 7) is 4.40. The van der Waals surface area contributed by atoms with Gasteiger partial charge in [0.25, 0.3) is 0 Å². The summed E-state index contributed by atoms with van der Waals surface area (Å²) in [6.07, 6.45) is 1.99. The predicted octanol–water partition coefficient (Wildman–Crippen LogP) is 5.05. The highest BCUT2D eigenvalue weighted by molar-refractivity contribution is 5.49. The Bertz CT molecular complexity index is 601. The largest absolute Gasteiger partial charge is 0.378 e. The van der Waals surface area contributed by atoms with Crippen molar-refractivity contribution in [3.8, 4) is 0 Å². The minimum Gasteiger partial charge on any atom is -0.378 e. The van der Waals surface area contributed by atoms with Crippen LogP contribution in [0.1, 0.15) is 48.9 Å². The molecule has 2 aromatic carbocycles. The van der Waals surface area contributed by atoms with Crippen molar-refractivity contribution in [3.63, 3.8) is 0 Å². The summed E-state index contributed by atoms with van der Waals surface area (Å²) in [4.78, 5) is 0. The zero-order chi connectivity index (χ0) is 14.1. The molecule has 1 nitrogen and oxygen atoms in total. The van der Waals surface area contributed by atoms with E-state index in [0.717, 1.165) is 24.1 Å². The lowest BCUT2D eigenvalue weighted by molar-refractivity contribution is 0.626. The maximum absolute atomic E-state index is 13.2. The Labute approximate surface area is 119 Å². The number of halogens is 1. The van der Waals surface area contributed by atoms with E-state index in [-0.39, 0.29) is 5.82 Å². The van der Waals surface area contributed by atoms with Crippen LogP contribution in [0.4, 0.5) is 10.1 Å². The molecule has 2 aromatic rings. The van der Waals surface area contributed by atoms with Crippen molar-refractivity contribution in [1.82, 2.24) is 0 Å². The van der Waals surface area contributed by atoms with Gasteiger partial charge in [0, 0.05) is 5.69 Å². The zero-order valence-electron chi connectivity index (χ0n) is 12.0. The Morgan fingerprint density at radius 3 is 2.55 bits per heavy atom. The van der Waals surface area contributed by atoms with E-state index < -0.39 is 0 Å². The number of fused-ring (bicyclic) bond motifs is 1. The summed E-state index contributed by atoms with van der Waals surface area (Å²) >= 11 is 0. The zero-order valence-corrected chi connectivity index (χ0v) is 12.0. The van der Waals surface area contributed by atoms with Crippen molar-refractivity contribution in [1.29, 1.82) is 0 Å². The molecule has 1 atom stereocenters. The molecule has 0 aliphatic heterocycles. The molecular formula is C18H20FN. The number of hydrogen-bond donors (Lipinski definition) is 1. The molecule has 2 heteroatoms. The molecule has 0 saturated carbocycles. The highest BCUT2D eigenvalue weighted by Crippen LogP contribution is 2.34. The first-order valence-corrected chi connectivity index (χ1v) is 7.28. The summed E-state index contributed by atoms with van der Waals surface area (Å²) in [5, 5.41) is 3.56. The summed E-state index contributed by atoms with van der Waals surface area (Å²) in [5.74, 6) is 0.421. The number of rotatable bonds is 3. The Balaban J connectivity index is 1.77. The molecular weight excluding hydrogens is 249 g/mol. The van der Waals surface area contributed by atoms with Crippen LogP contribution in [0.5, 0.6) is 0 Å². The molecule has 1 aliphatic rings. The molecule has 0 spiro atoms. The average molecular weight is 269 g/mol. The van der Waals surface area contributed by atoms with E-state index in [9.17, 15) is 4.39 Å². The van der Waals surface area contributed by atoms with Crippen molar-refractivity contribution in [2.45, 2.75) is 38.6 Å². The van der Waals surface area contributed by atoms with Gasteiger partial charge < -0.3 is 5.32 Å². The molecule has 104 valence electrons. The van der Waals surface area contributed by atoms with Crippen LogP contribution < -0.4 is 5.32 Å². The Morgan fingerprint density at radius 2 is 1.85 bits per heavy atom. The molecule has 20 heavy (non-hydrogen) atoms. The second-order valence-corrected chi connectivity index (χ2v) is 5.86. The van der Waals surface area contributed by atoms with Gasteiger partial charge in [0.15, 0.2) is 0 Å². The lowest BCUT2D eigenvalue weighted by Gasteiger charge is -2.16. The second kappa shape index (κ2) is 5.28. The quantitative estimate of drug-likeness (QED) is 0.822. The van der Waals surface area contributed by atoms with Gasteiger partial charge in [0.2, 0.25) is 0 Å². The van der Waals surface area contributed by atoms with Crippen LogP contribution in [0.2, 0.25) is 0 Å². The van der Waals surface area contributed by atoms with Gasteiger partial charge in [-0.15, -0.1) is 0 Å². The molecule has 3 rings (SSSR count). The molecule has 1 aliphatic carbocycles. The van der Waals surface area contributed by atoms with Crippen LogP contribution >= 0.6 is 0 Å². The monoisotopic (exact) mass is 269 g/mol. The summed E-state index contributed by atoms with van der Waals surface area (Å²) in [7, 11) is 0. The second-order valence-electron chi connectivity index (χ2n) is 5.86. The fraction of sp³-hybridized carbons (Fsp3) is 0.333. The summed E-state index contributed by atoms with van der Waals surface area (Å²) < 4.78 is 13.2. The summed E-state index contributed by atoms with van der Waals surface area (Å²) in [6, 6.07) is 14.1. The first-order valence-electron chi connectivity index (χ1n) is 7.28. The fourth-order valence-corrected chi connectivity index (χ4v) is 2.90. The number of hydrogen-bond acceptors (Lipinski definition) is 1. The third-order valence-corrected chi connectivity index (χ3v) is 4.10. The highest BCUT2D eigenvalue weighted by atomic mass is 19.1. The topological polar surface area (TPSA) is 12.0 Å². The Hall–Kier alpha value is -1.83. The van der Waals surface area contributed by atoms with Gasteiger partial charge in [-0.2, -0.15) is 0 Å². The average Bonchev–Trinajstić information content (AvgIpc) is 2.81. The lowest BCUT2D eigenvalue weighted by atomic mass is 10.0. The van der Waals surface area contributed by atoms with Crippen LogP contribution in [0.3, 0.4) is 0 Å². The Morgan fingerprint density at radius 1 is 1.10 bits per heavy atom. The van der Waals surface area contributed by atoms with Gasteiger partial charge >= 0.3 is 0 Å². The number of benzene rings is 2. The van der Waals surface area contributed by atoms with Crippen LogP contribution in [0.15, 0.2) is 42.5 Å². The van der Waals surface area contributed by atoms with E-state index in [1.807, 2.05) is 6.07 Å². The SMILES string of the molecule is CC(C)c1ccc(NC2CCc3cc(F)ccc32)cc1. The number of anilines is 1. The van der Waals surface area contributed by atoms with E-state index >= 15 is 0 Å². The van der Waals surface area contributed by atoms with Crippen LogP contribution in [-0.2, 0) is 6.42 Å². The molecule has 0 heterocycles. The third-order valence-electron chi connectivity index (χ3n) is 4.10. The van der Waals surface area contributed by atoms with Crippen LogP contribution in [0, 0.1) is 5.82 Å². The van der Waals surface area contributed by atoms with E-state index in [1.54, 1.807) is 12.1 Å². The molecule has 1 N–H and O–H groups in total. The minimum atomic E-state index is -0.134. The molecule has 0 fully saturated rings. The van der Waals surface area contributed by atoms with Gasteiger partial charge in [0.05, 0.1) is 6.04 Å². The summed E-state index contributed by atoms with van der Waals surface area (Å²) in [5.41, 5.74) is 4.86. The number of nitrogens with one attached hydrogen (secondary N) is 1. The fourth-order valence-electron chi connectivity index (χ4n) is 2.90. The third kappa shape index (κ3) is 2.55.